The second kappa shape index (κ2) is 6.73. The van der Waals surface area contributed by atoms with Gasteiger partial charge in [0, 0.05) is 18.6 Å². The van der Waals surface area contributed by atoms with E-state index in [9.17, 15) is 9.59 Å². The Morgan fingerprint density at radius 2 is 1.61 bits per heavy atom. The number of carboxylic acids is 1. The summed E-state index contributed by atoms with van der Waals surface area (Å²) in [7, 11) is 0. The van der Waals surface area contributed by atoms with Crippen molar-refractivity contribution >= 4 is 11.9 Å². The zero-order valence-corrected chi connectivity index (χ0v) is 12.4. The third-order valence-corrected chi connectivity index (χ3v) is 3.07. The summed E-state index contributed by atoms with van der Waals surface area (Å²) in [4.78, 5) is 26.6. The Labute approximate surface area is 110 Å². The monoisotopic (exact) mass is 258 g/mol. The van der Waals surface area contributed by atoms with Crippen LogP contribution in [0.4, 0.5) is 0 Å². The molecule has 5 nitrogen and oxygen atoms in total. The van der Waals surface area contributed by atoms with Crippen LogP contribution in [0.3, 0.4) is 0 Å². The minimum atomic E-state index is -0.913. The topological polar surface area (TPSA) is 60.9 Å². The lowest BCUT2D eigenvalue weighted by Crippen LogP contribution is -2.55. The molecule has 0 rings (SSSR count). The zero-order valence-electron chi connectivity index (χ0n) is 12.4. The summed E-state index contributed by atoms with van der Waals surface area (Å²) >= 11 is 0. The fraction of sp³-hybridized carbons (Fsp3) is 0.846. The van der Waals surface area contributed by atoms with E-state index in [0.717, 1.165) is 0 Å². The first-order chi connectivity index (χ1) is 8.15. The van der Waals surface area contributed by atoms with Gasteiger partial charge in [-0.2, -0.15) is 0 Å². The molecular weight excluding hydrogens is 232 g/mol. The summed E-state index contributed by atoms with van der Waals surface area (Å²) in [5.74, 6) is -0.930. The van der Waals surface area contributed by atoms with Crippen LogP contribution in [-0.2, 0) is 9.59 Å². The summed E-state index contributed by atoms with van der Waals surface area (Å²) in [6.07, 6.45) is 0. The number of carbonyl (C=O) groups excluding carboxylic acids is 1. The molecule has 1 unspecified atom stereocenters. The van der Waals surface area contributed by atoms with Gasteiger partial charge in [0.15, 0.2) is 0 Å². The van der Waals surface area contributed by atoms with Crippen molar-refractivity contribution in [2.24, 2.45) is 0 Å². The van der Waals surface area contributed by atoms with Gasteiger partial charge >= 0.3 is 5.97 Å². The molecule has 1 atom stereocenters. The van der Waals surface area contributed by atoms with Gasteiger partial charge in [0.05, 0.1) is 12.6 Å². The molecule has 1 N–H and O–H groups in total. The van der Waals surface area contributed by atoms with Gasteiger partial charge < -0.3 is 10.0 Å². The van der Waals surface area contributed by atoms with Gasteiger partial charge in [-0.25, -0.2) is 0 Å². The third kappa shape index (κ3) is 4.64. The molecule has 0 aliphatic carbocycles. The first kappa shape index (κ1) is 16.9. The highest BCUT2D eigenvalue weighted by Gasteiger charge is 2.33. The van der Waals surface area contributed by atoms with Gasteiger partial charge in [0.2, 0.25) is 5.91 Å². The second-order valence-corrected chi connectivity index (χ2v) is 5.38. The van der Waals surface area contributed by atoms with Crippen molar-refractivity contribution in [1.29, 1.82) is 0 Å². The van der Waals surface area contributed by atoms with E-state index in [2.05, 4.69) is 0 Å². The first-order valence-electron chi connectivity index (χ1n) is 6.42. The average Bonchev–Trinajstić information content (AvgIpc) is 2.24. The van der Waals surface area contributed by atoms with Crippen molar-refractivity contribution in [1.82, 2.24) is 9.80 Å². The lowest BCUT2D eigenvalue weighted by atomic mass is 10.0. The first-order valence-corrected chi connectivity index (χ1v) is 6.42. The number of hydrogen-bond acceptors (Lipinski definition) is 3. The number of likely N-dealkylation sites (N-methyl/N-ethyl adjacent to an activating group) is 1. The van der Waals surface area contributed by atoms with E-state index in [0.29, 0.717) is 13.1 Å². The number of carboxylic acid groups (broad SMARTS) is 1. The number of aliphatic carboxylic acids is 1. The van der Waals surface area contributed by atoms with Crippen molar-refractivity contribution in [3.63, 3.8) is 0 Å². The molecule has 0 aromatic rings. The fourth-order valence-electron chi connectivity index (χ4n) is 2.03. The molecule has 0 aromatic heterocycles. The van der Waals surface area contributed by atoms with Gasteiger partial charge in [-0.1, -0.05) is 0 Å². The molecule has 0 spiro atoms. The maximum absolute atomic E-state index is 12.3. The number of carbonyl (C=O) groups is 2. The van der Waals surface area contributed by atoms with Crippen LogP contribution in [0.2, 0.25) is 0 Å². The predicted molar refractivity (Wildman–Crippen MR) is 71.5 cm³/mol. The number of nitrogens with zero attached hydrogens (tertiary/aromatic N) is 2. The maximum Gasteiger partial charge on any atom is 0.317 e. The van der Waals surface area contributed by atoms with Crippen molar-refractivity contribution in [2.45, 2.75) is 53.1 Å². The molecule has 0 radical (unpaired) electrons. The molecule has 106 valence electrons. The lowest BCUT2D eigenvalue weighted by molar-refractivity contribution is -0.145. The van der Waals surface area contributed by atoms with Crippen LogP contribution in [0.1, 0.15) is 41.5 Å². The van der Waals surface area contributed by atoms with Crippen LogP contribution >= 0.6 is 0 Å². The summed E-state index contributed by atoms with van der Waals surface area (Å²) in [5.41, 5.74) is -0.360. The normalized spacial score (nSPS) is 13.5. The van der Waals surface area contributed by atoms with E-state index in [1.165, 1.54) is 0 Å². The van der Waals surface area contributed by atoms with Gasteiger partial charge in [0.1, 0.15) is 0 Å². The summed E-state index contributed by atoms with van der Waals surface area (Å²) in [5, 5.41) is 8.96. The van der Waals surface area contributed by atoms with Crippen molar-refractivity contribution in [3.05, 3.63) is 0 Å². The van der Waals surface area contributed by atoms with Crippen molar-refractivity contribution in [3.8, 4) is 0 Å². The Balaban J connectivity index is 5.01. The van der Waals surface area contributed by atoms with Gasteiger partial charge in [0.25, 0.3) is 0 Å². The molecule has 1 amide bonds. The molecule has 18 heavy (non-hydrogen) atoms. The molecule has 0 heterocycles. The zero-order chi connectivity index (χ0) is 14.5. The summed E-state index contributed by atoms with van der Waals surface area (Å²) in [6.45, 7) is 12.5. The molecular formula is C13H26N2O3. The highest BCUT2D eigenvalue weighted by Crippen LogP contribution is 2.18. The van der Waals surface area contributed by atoms with E-state index in [-0.39, 0.29) is 18.0 Å². The van der Waals surface area contributed by atoms with Crippen LogP contribution in [-0.4, -0.2) is 58.0 Å². The van der Waals surface area contributed by atoms with Gasteiger partial charge in [-0.3, -0.25) is 14.5 Å². The van der Waals surface area contributed by atoms with E-state index < -0.39 is 12.0 Å². The van der Waals surface area contributed by atoms with E-state index in [1.54, 1.807) is 16.7 Å². The van der Waals surface area contributed by atoms with E-state index >= 15 is 0 Å². The van der Waals surface area contributed by atoms with E-state index in [1.807, 2.05) is 34.6 Å². The van der Waals surface area contributed by atoms with Gasteiger partial charge in [-0.15, -0.1) is 0 Å². The third-order valence-electron chi connectivity index (χ3n) is 3.07. The Bertz CT molecular complexity index is 293. The van der Waals surface area contributed by atoms with Crippen LogP contribution in [0.5, 0.6) is 0 Å². The molecule has 0 saturated heterocycles. The molecule has 5 heteroatoms. The Morgan fingerprint density at radius 1 is 1.17 bits per heavy atom. The number of amides is 1. The number of rotatable bonds is 6. The van der Waals surface area contributed by atoms with Crippen LogP contribution in [0.25, 0.3) is 0 Å². The SMILES string of the molecule is CCN(CC)C(=O)C(C)N(CC(=O)O)C(C)(C)C. The van der Waals surface area contributed by atoms with Crippen LogP contribution in [0, 0.1) is 0 Å². The second-order valence-electron chi connectivity index (χ2n) is 5.38. The Morgan fingerprint density at radius 3 is 1.89 bits per heavy atom. The fourth-order valence-corrected chi connectivity index (χ4v) is 2.03. The minimum Gasteiger partial charge on any atom is -0.480 e. The largest absolute Gasteiger partial charge is 0.480 e. The lowest BCUT2D eigenvalue weighted by Gasteiger charge is -2.39. The van der Waals surface area contributed by atoms with E-state index in [4.69, 9.17) is 5.11 Å². The maximum atomic E-state index is 12.3. The molecule has 0 aliphatic heterocycles. The molecule has 0 aromatic carbocycles. The smallest absolute Gasteiger partial charge is 0.317 e. The number of hydrogen-bond donors (Lipinski definition) is 1. The molecule has 0 saturated carbocycles. The predicted octanol–water partition coefficient (Wildman–Crippen LogP) is 1.43. The molecule has 0 aliphatic rings. The Kier molecular flexibility index (Phi) is 6.32. The quantitative estimate of drug-likeness (QED) is 0.783. The summed E-state index contributed by atoms with van der Waals surface area (Å²) < 4.78 is 0. The molecule has 0 bridgehead atoms. The highest BCUT2D eigenvalue weighted by atomic mass is 16.4. The molecule has 0 fully saturated rings. The highest BCUT2D eigenvalue weighted by molar-refractivity contribution is 5.82. The van der Waals surface area contributed by atoms with Crippen LogP contribution < -0.4 is 0 Å². The van der Waals surface area contributed by atoms with Crippen molar-refractivity contribution in [2.75, 3.05) is 19.6 Å². The summed E-state index contributed by atoms with van der Waals surface area (Å²) in [6, 6.07) is -0.430. The minimum absolute atomic E-state index is 0.0174. The standard InChI is InChI=1S/C13H26N2O3/c1-7-14(8-2)12(18)10(3)15(9-11(16)17)13(4,5)6/h10H,7-9H2,1-6H3,(H,16,17). The Hall–Kier alpha value is -1.10. The van der Waals surface area contributed by atoms with Crippen molar-refractivity contribution < 1.29 is 14.7 Å². The average molecular weight is 258 g/mol. The van der Waals surface area contributed by atoms with Crippen LogP contribution in [0.15, 0.2) is 0 Å². The van der Waals surface area contributed by atoms with Gasteiger partial charge in [-0.05, 0) is 41.5 Å².